The van der Waals surface area contributed by atoms with Crippen molar-refractivity contribution < 1.29 is 4.74 Å². The highest BCUT2D eigenvalue weighted by molar-refractivity contribution is 5.29. The summed E-state index contributed by atoms with van der Waals surface area (Å²) in [5, 5.41) is 0. The molecule has 3 nitrogen and oxygen atoms in total. The van der Waals surface area contributed by atoms with Crippen LogP contribution in [-0.4, -0.2) is 31.6 Å². The molecule has 0 heterocycles. The van der Waals surface area contributed by atoms with Crippen molar-refractivity contribution in [2.24, 2.45) is 11.1 Å². The van der Waals surface area contributed by atoms with Crippen LogP contribution >= 0.6 is 0 Å². The Morgan fingerprint density at radius 2 is 1.85 bits per heavy atom. The Morgan fingerprint density at radius 3 is 2.35 bits per heavy atom. The second-order valence-corrected chi connectivity index (χ2v) is 6.38. The molecule has 1 aromatic carbocycles. The molecule has 114 valence electrons. The average molecular weight is 278 g/mol. The Morgan fingerprint density at radius 1 is 1.25 bits per heavy atom. The van der Waals surface area contributed by atoms with Gasteiger partial charge in [0.05, 0.1) is 6.61 Å². The maximum Gasteiger partial charge on any atom is 0.119 e. The van der Waals surface area contributed by atoms with Crippen LogP contribution in [0.15, 0.2) is 24.3 Å². The van der Waals surface area contributed by atoms with Crippen LogP contribution in [0.3, 0.4) is 0 Å². The summed E-state index contributed by atoms with van der Waals surface area (Å²) in [7, 11) is 2.16. The summed E-state index contributed by atoms with van der Waals surface area (Å²) in [5.41, 5.74) is 7.27. The number of rotatable bonds is 8. The smallest absolute Gasteiger partial charge is 0.119 e. The zero-order chi connectivity index (χ0) is 15.2. The lowest BCUT2D eigenvalue weighted by molar-refractivity contribution is 0.174. The molecule has 1 atom stereocenters. The van der Waals surface area contributed by atoms with Gasteiger partial charge in [0, 0.05) is 12.6 Å². The van der Waals surface area contributed by atoms with Crippen LogP contribution in [0.5, 0.6) is 5.75 Å². The Kier molecular flexibility index (Phi) is 6.50. The molecule has 0 saturated carbocycles. The van der Waals surface area contributed by atoms with Gasteiger partial charge in [0.2, 0.25) is 0 Å². The molecule has 0 bridgehead atoms. The topological polar surface area (TPSA) is 38.5 Å². The van der Waals surface area contributed by atoms with Gasteiger partial charge >= 0.3 is 0 Å². The molecule has 0 aliphatic heterocycles. The second-order valence-electron chi connectivity index (χ2n) is 6.38. The highest BCUT2D eigenvalue weighted by Gasteiger charge is 2.21. The van der Waals surface area contributed by atoms with Gasteiger partial charge < -0.3 is 10.5 Å². The molecule has 1 unspecified atom stereocenters. The van der Waals surface area contributed by atoms with E-state index >= 15 is 0 Å². The molecular formula is C17H30N2O. The highest BCUT2D eigenvalue weighted by atomic mass is 16.5. The Hall–Kier alpha value is -1.06. The van der Waals surface area contributed by atoms with Crippen molar-refractivity contribution in [3.63, 3.8) is 0 Å². The average Bonchev–Trinajstić information content (AvgIpc) is 2.44. The Bertz CT molecular complexity index is 386. The first-order valence-corrected chi connectivity index (χ1v) is 7.52. The van der Waals surface area contributed by atoms with E-state index in [4.69, 9.17) is 10.5 Å². The van der Waals surface area contributed by atoms with E-state index in [1.54, 1.807) is 0 Å². The van der Waals surface area contributed by atoms with Crippen molar-refractivity contribution in [2.45, 2.75) is 40.2 Å². The van der Waals surface area contributed by atoms with Crippen LogP contribution in [0.4, 0.5) is 0 Å². The summed E-state index contributed by atoms with van der Waals surface area (Å²) in [5.74, 6) is 0.952. The lowest BCUT2D eigenvalue weighted by Gasteiger charge is -2.33. The van der Waals surface area contributed by atoms with Gasteiger partial charge in [0.25, 0.3) is 0 Å². The predicted molar refractivity (Wildman–Crippen MR) is 86.1 cm³/mol. The number of nitrogens with two attached hydrogens (primary N) is 1. The van der Waals surface area contributed by atoms with Gasteiger partial charge in [-0.3, -0.25) is 4.90 Å². The molecule has 0 radical (unpaired) electrons. The third-order valence-corrected chi connectivity index (χ3v) is 3.73. The molecule has 0 aliphatic carbocycles. The molecule has 1 rings (SSSR count). The minimum atomic E-state index is 0.146. The number of ether oxygens (including phenoxy) is 1. The van der Waals surface area contributed by atoms with Crippen LogP contribution in [0, 0.1) is 5.41 Å². The highest BCUT2D eigenvalue weighted by Crippen LogP contribution is 2.25. The zero-order valence-electron chi connectivity index (χ0n) is 13.6. The summed E-state index contributed by atoms with van der Waals surface area (Å²) in [4.78, 5) is 2.36. The first-order chi connectivity index (χ1) is 9.39. The van der Waals surface area contributed by atoms with Gasteiger partial charge in [-0.2, -0.15) is 0 Å². The van der Waals surface area contributed by atoms with Gasteiger partial charge in [-0.05, 0) is 50.0 Å². The molecule has 0 saturated heterocycles. The first-order valence-electron chi connectivity index (χ1n) is 7.52. The van der Waals surface area contributed by atoms with Crippen molar-refractivity contribution in [1.29, 1.82) is 0 Å². The van der Waals surface area contributed by atoms with E-state index in [9.17, 15) is 0 Å². The standard InChI is InChI=1S/C17H30N2O/c1-6-11-20-16-9-7-15(8-10-16)14(2)19(5)13-17(3,4)12-18/h7-10,14H,6,11-13,18H2,1-5H3. The van der Waals surface area contributed by atoms with E-state index in [1.165, 1.54) is 5.56 Å². The van der Waals surface area contributed by atoms with Gasteiger partial charge in [0.1, 0.15) is 5.75 Å². The molecule has 3 heteroatoms. The predicted octanol–water partition coefficient (Wildman–Crippen LogP) is 3.45. The molecule has 0 amide bonds. The van der Waals surface area contributed by atoms with Crippen LogP contribution in [0.2, 0.25) is 0 Å². The molecular weight excluding hydrogens is 248 g/mol. The molecule has 2 N–H and O–H groups in total. The minimum Gasteiger partial charge on any atom is -0.494 e. The number of nitrogens with zero attached hydrogens (tertiary/aromatic N) is 1. The quantitative estimate of drug-likeness (QED) is 0.791. The molecule has 0 aromatic heterocycles. The third kappa shape index (κ3) is 5.14. The third-order valence-electron chi connectivity index (χ3n) is 3.73. The lowest BCUT2D eigenvalue weighted by Crippen LogP contribution is -2.37. The van der Waals surface area contributed by atoms with Crippen molar-refractivity contribution in [2.75, 3.05) is 26.7 Å². The molecule has 0 fully saturated rings. The van der Waals surface area contributed by atoms with Crippen molar-refractivity contribution in [3.8, 4) is 5.75 Å². The number of benzene rings is 1. The minimum absolute atomic E-state index is 0.146. The van der Waals surface area contributed by atoms with Gasteiger partial charge in [-0.25, -0.2) is 0 Å². The maximum atomic E-state index is 5.82. The molecule has 0 aliphatic rings. The summed E-state index contributed by atoms with van der Waals surface area (Å²) in [6.07, 6.45) is 1.04. The van der Waals surface area contributed by atoms with Gasteiger partial charge in [0.15, 0.2) is 0 Å². The van der Waals surface area contributed by atoms with Crippen molar-refractivity contribution in [3.05, 3.63) is 29.8 Å². The van der Waals surface area contributed by atoms with E-state index in [2.05, 4.69) is 63.9 Å². The van der Waals surface area contributed by atoms with E-state index in [0.717, 1.165) is 25.3 Å². The largest absolute Gasteiger partial charge is 0.494 e. The summed E-state index contributed by atoms with van der Waals surface area (Å²) in [6, 6.07) is 8.80. The number of hydrogen-bond donors (Lipinski definition) is 1. The van der Waals surface area contributed by atoms with Crippen molar-refractivity contribution in [1.82, 2.24) is 4.90 Å². The maximum absolute atomic E-state index is 5.82. The fourth-order valence-corrected chi connectivity index (χ4v) is 2.19. The SMILES string of the molecule is CCCOc1ccc(C(C)N(C)CC(C)(C)CN)cc1. The van der Waals surface area contributed by atoms with Gasteiger partial charge in [-0.1, -0.05) is 32.9 Å². The Balaban J connectivity index is 2.64. The molecule has 1 aromatic rings. The fraction of sp³-hybridized carbons (Fsp3) is 0.647. The molecule has 0 spiro atoms. The normalized spacial score (nSPS) is 13.6. The lowest BCUT2D eigenvalue weighted by atomic mass is 9.92. The summed E-state index contributed by atoms with van der Waals surface area (Å²) < 4.78 is 5.62. The Labute approximate surface area is 124 Å². The van der Waals surface area contributed by atoms with Crippen molar-refractivity contribution >= 4 is 0 Å². The monoisotopic (exact) mass is 278 g/mol. The zero-order valence-corrected chi connectivity index (χ0v) is 13.6. The van der Waals surface area contributed by atoms with Crippen LogP contribution in [0.25, 0.3) is 0 Å². The summed E-state index contributed by atoms with van der Waals surface area (Å²) >= 11 is 0. The van der Waals surface area contributed by atoms with E-state index in [1.807, 2.05) is 0 Å². The molecule has 20 heavy (non-hydrogen) atoms. The van der Waals surface area contributed by atoms with E-state index < -0.39 is 0 Å². The van der Waals surface area contributed by atoms with E-state index in [0.29, 0.717) is 12.6 Å². The van der Waals surface area contributed by atoms with Crippen LogP contribution in [-0.2, 0) is 0 Å². The van der Waals surface area contributed by atoms with Gasteiger partial charge in [-0.15, -0.1) is 0 Å². The first kappa shape index (κ1) is 17.0. The van der Waals surface area contributed by atoms with Crippen LogP contribution < -0.4 is 10.5 Å². The summed E-state index contributed by atoms with van der Waals surface area (Å²) in [6.45, 7) is 11.2. The van der Waals surface area contributed by atoms with E-state index in [-0.39, 0.29) is 5.41 Å². The fourth-order valence-electron chi connectivity index (χ4n) is 2.19. The second kappa shape index (κ2) is 7.65. The van der Waals surface area contributed by atoms with Crippen LogP contribution in [0.1, 0.15) is 45.7 Å². The number of hydrogen-bond acceptors (Lipinski definition) is 3.